The molecule has 0 saturated carbocycles. The number of aliphatic imine (C=N–C) groups is 1. The van der Waals surface area contributed by atoms with Crippen molar-refractivity contribution in [3.05, 3.63) is 24.3 Å². The third kappa shape index (κ3) is 9.55. The van der Waals surface area contributed by atoms with E-state index in [0.29, 0.717) is 11.7 Å². The van der Waals surface area contributed by atoms with Crippen molar-refractivity contribution in [1.82, 2.24) is 10.6 Å². The van der Waals surface area contributed by atoms with Crippen molar-refractivity contribution >= 4 is 73.6 Å². The zero-order chi connectivity index (χ0) is 17.6. The topological polar surface area (TPSA) is 65.5 Å². The lowest BCUT2D eigenvalue weighted by molar-refractivity contribution is -0.115. The number of hydrogen-bond acceptors (Lipinski definition) is 6. The number of thiocarbonyl (C=S) groups is 2. The molecule has 0 aliphatic rings. The monoisotopic (exact) mass is 396 g/mol. The standard InChI is InChI=1S/C15H16N4OS4/c1-2-14(20)16-7-9-23-24-10-8-17-15(22)19-13-5-3-12(4-6-13)18-11-21/h1,3-6H,7-10H2,(H,16,20)(H2,17,19,22). The van der Waals surface area contributed by atoms with Gasteiger partial charge in [-0.1, -0.05) is 21.6 Å². The number of nitrogens with one attached hydrogen (secondary N) is 3. The van der Waals surface area contributed by atoms with Crippen molar-refractivity contribution < 1.29 is 4.79 Å². The van der Waals surface area contributed by atoms with Crippen molar-refractivity contribution in [2.24, 2.45) is 4.99 Å². The summed E-state index contributed by atoms with van der Waals surface area (Å²) in [6.07, 6.45) is 4.94. The van der Waals surface area contributed by atoms with Gasteiger partial charge in [-0.05, 0) is 54.6 Å². The summed E-state index contributed by atoms with van der Waals surface area (Å²) in [7, 11) is 3.38. The maximum Gasteiger partial charge on any atom is 0.295 e. The highest BCUT2D eigenvalue weighted by Gasteiger charge is 1.98. The Morgan fingerprint density at radius 1 is 1.17 bits per heavy atom. The van der Waals surface area contributed by atoms with Crippen molar-refractivity contribution in [2.45, 2.75) is 0 Å². The maximum atomic E-state index is 10.8. The summed E-state index contributed by atoms with van der Waals surface area (Å²) in [5, 5.41) is 11.7. The zero-order valence-corrected chi connectivity index (χ0v) is 16.0. The average Bonchev–Trinajstić information content (AvgIpc) is 2.59. The van der Waals surface area contributed by atoms with Crippen LogP contribution in [0, 0.1) is 12.3 Å². The number of anilines is 1. The largest absolute Gasteiger partial charge is 0.362 e. The summed E-state index contributed by atoms with van der Waals surface area (Å²) in [4.78, 5) is 14.7. The van der Waals surface area contributed by atoms with E-state index >= 15 is 0 Å². The van der Waals surface area contributed by atoms with Crippen LogP contribution in [-0.4, -0.2) is 40.8 Å². The summed E-state index contributed by atoms with van der Waals surface area (Å²) in [6.45, 7) is 1.31. The summed E-state index contributed by atoms with van der Waals surface area (Å²) >= 11 is 9.78. The molecule has 0 unspecified atom stereocenters. The van der Waals surface area contributed by atoms with E-state index in [4.69, 9.17) is 18.6 Å². The lowest BCUT2D eigenvalue weighted by Crippen LogP contribution is -2.30. The van der Waals surface area contributed by atoms with Gasteiger partial charge in [0.2, 0.25) is 0 Å². The van der Waals surface area contributed by atoms with Crippen LogP contribution in [0.5, 0.6) is 0 Å². The normalized spacial score (nSPS) is 9.29. The predicted octanol–water partition coefficient (Wildman–Crippen LogP) is 2.84. The van der Waals surface area contributed by atoms with Gasteiger partial charge in [-0.15, -0.1) is 6.42 Å². The molecule has 0 heterocycles. The van der Waals surface area contributed by atoms with E-state index in [-0.39, 0.29) is 5.91 Å². The van der Waals surface area contributed by atoms with Crippen LogP contribution in [0.1, 0.15) is 0 Å². The molecule has 0 aliphatic heterocycles. The number of terminal acetylenes is 1. The molecule has 0 radical (unpaired) electrons. The number of amides is 1. The molecule has 0 saturated heterocycles. The van der Waals surface area contributed by atoms with E-state index < -0.39 is 0 Å². The van der Waals surface area contributed by atoms with Crippen LogP contribution >= 0.6 is 46.0 Å². The van der Waals surface area contributed by atoms with Crippen LogP contribution in [-0.2, 0) is 4.79 Å². The quantitative estimate of drug-likeness (QED) is 0.195. The third-order valence-corrected chi connectivity index (χ3v) is 5.20. The minimum Gasteiger partial charge on any atom is -0.362 e. The van der Waals surface area contributed by atoms with Gasteiger partial charge >= 0.3 is 0 Å². The van der Waals surface area contributed by atoms with E-state index in [1.807, 2.05) is 30.2 Å². The third-order valence-electron chi connectivity index (χ3n) is 2.46. The van der Waals surface area contributed by atoms with Crippen molar-refractivity contribution in [1.29, 1.82) is 0 Å². The Morgan fingerprint density at radius 2 is 1.79 bits per heavy atom. The highest BCUT2D eigenvalue weighted by atomic mass is 33.1. The number of nitrogens with zero attached hydrogens (tertiary/aromatic N) is 1. The number of carbonyl (C=O) groups excluding carboxylic acids is 1. The molecule has 1 rings (SSSR count). The van der Waals surface area contributed by atoms with Gasteiger partial charge < -0.3 is 16.0 Å². The molecule has 0 aliphatic carbocycles. The number of hydrogen-bond donors (Lipinski definition) is 3. The molecule has 1 aromatic rings. The second-order valence-electron chi connectivity index (χ2n) is 4.18. The summed E-state index contributed by atoms with van der Waals surface area (Å²) < 4.78 is 0. The van der Waals surface area contributed by atoms with Crippen LogP contribution in [0.4, 0.5) is 11.4 Å². The van der Waals surface area contributed by atoms with E-state index in [2.05, 4.69) is 38.3 Å². The molecule has 1 aromatic carbocycles. The van der Waals surface area contributed by atoms with Gasteiger partial charge in [-0.2, -0.15) is 4.99 Å². The molecule has 126 valence electrons. The minimum absolute atomic E-state index is 0.374. The molecule has 9 heteroatoms. The first kappa shape index (κ1) is 20.5. The molecule has 24 heavy (non-hydrogen) atoms. The van der Waals surface area contributed by atoms with E-state index in [1.165, 1.54) is 0 Å². The fourth-order valence-corrected chi connectivity index (χ4v) is 3.57. The van der Waals surface area contributed by atoms with Crippen molar-refractivity contribution in [3.8, 4) is 12.3 Å². The van der Waals surface area contributed by atoms with Gasteiger partial charge in [0.1, 0.15) is 0 Å². The van der Waals surface area contributed by atoms with Gasteiger partial charge in [0.25, 0.3) is 5.91 Å². The number of benzene rings is 1. The SMILES string of the molecule is C#CC(=O)NCCSSCCNC(=S)Nc1ccc(N=C=S)cc1. The Kier molecular flexibility index (Phi) is 10.9. The van der Waals surface area contributed by atoms with Crippen LogP contribution in [0.25, 0.3) is 0 Å². The first-order valence-corrected chi connectivity index (χ1v) is 10.2. The van der Waals surface area contributed by atoms with E-state index in [0.717, 1.165) is 29.4 Å². The molecule has 0 bridgehead atoms. The molecular formula is C15H16N4OS4. The zero-order valence-electron chi connectivity index (χ0n) is 12.7. The van der Waals surface area contributed by atoms with Gasteiger partial charge in [0.05, 0.1) is 10.8 Å². The Labute approximate surface area is 160 Å². The van der Waals surface area contributed by atoms with Gasteiger partial charge in [-0.25, -0.2) is 0 Å². The average molecular weight is 397 g/mol. The summed E-state index contributed by atoms with van der Waals surface area (Å²) in [6, 6.07) is 7.40. The van der Waals surface area contributed by atoms with Gasteiger partial charge in [-0.3, -0.25) is 4.79 Å². The molecule has 0 fully saturated rings. The van der Waals surface area contributed by atoms with Crippen LogP contribution in [0.15, 0.2) is 29.3 Å². The minimum atomic E-state index is -0.374. The first-order valence-electron chi connectivity index (χ1n) is 6.87. The molecule has 1 amide bonds. The smallest absolute Gasteiger partial charge is 0.295 e. The van der Waals surface area contributed by atoms with E-state index in [9.17, 15) is 4.79 Å². The number of rotatable bonds is 9. The fourth-order valence-electron chi connectivity index (χ4n) is 1.43. The molecule has 0 aromatic heterocycles. The van der Waals surface area contributed by atoms with Crippen molar-refractivity contribution in [3.63, 3.8) is 0 Å². The maximum absolute atomic E-state index is 10.8. The Balaban J connectivity index is 2.09. The predicted molar refractivity (Wildman–Crippen MR) is 112 cm³/mol. The highest BCUT2D eigenvalue weighted by molar-refractivity contribution is 8.76. The number of carbonyl (C=O) groups is 1. The van der Waals surface area contributed by atoms with Crippen LogP contribution in [0.2, 0.25) is 0 Å². The lowest BCUT2D eigenvalue weighted by atomic mass is 10.3. The number of isothiocyanates is 1. The lowest BCUT2D eigenvalue weighted by Gasteiger charge is -2.10. The summed E-state index contributed by atoms with van der Waals surface area (Å²) in [5.41, 5.74) is 1.63. The van der Waals surface area contributed by atoms with Gasteiger partial charge in [0, 0.05) is 30.3 Å². The molecule has 5 nitrogen and oxygen atoms in total. The van der Waals surface area contributed by atoms with Gasteiger partial charge in [0.15, 0.2) is 5.11 Å². The molecule has 0 spiro atoms. The summed E-state index contributed by atoms with van der Waals surface area (Å²) in [5.74, 6) is 3.32. The van der Waals surface area contributed by atoms with Crippen LogP contribution < -0.4 is 16.0 Å². The molecule has 3 N–H and O–H groups in total. The highest BCUT2D eigenvalue weighted by Crippen LogP contribution is 2.19. The van der Waals surface area contributed by atoms with Crippen LogP contribution in [0.3, 0.4) is 0 Å². The van der Waals surface area contributed by atoms with Crippen molar-refractivity contribution in [2.75, 3.05) is 29.9 Å². The second-order valence-corrected chi connectivity index (χ2v) is 7.47. The Hall–Kier alpha value is -1.56. The Morgan fingerprint density at radius 3 is 2.38 bits per heavy atom. The van der Waals surface area contributed by atoms with E-state index in [1.54, 1.807) is 21.6 Å². The fraction of sp³-hybridized carbons (Fsp3) is 0.267. The first-order chi connectivity index (χ1) is 11.7. The molecular weight excluding hydrogens is 380 g/mol. The second kappa shape index (κ2) is 12.8. The Bertz CT molecular complexity index is 636. The molecule has 0 atom stereocenters.